The number of hydrogen-bond acceptors (Lipinski definition) is 6. The number of nitrogens with one attached hydrogen (secondary N) is 3. The van der Waals surface area contributed by atoms with Crippen molar-refractivity contribution in [1.29, 1.82) is 0 Å². The number of ether oxygens (including phenoxy) is 2. The highest BCUT2D eigenvalue weighted by atomic mass is 35.5. The molecule has 0 spiro atoms. The standard InChI is InChI=1S/C31H32ClFN4O5/c1-4-6-22-15-21(18-34-37-29(39)14-13-28(38)36-25-10-7-20(3)26(32)17-25)16-27(41-5-2)31(22)42-19-30(40)35-24-11-8-23(33)9-12-24/h4,7-12,15-18H,1,5-6,13-14,19H2,2-3H3,(H,35,40)(H,36,38)(H,37,39). The Kier molecular flexibility index (Phi) is 12.1. The Morgan fingerprint density at radius 3 is 2.33 bits per heavy atom. The molecule has 3 rings (SSSR count). The van der Waals surface area contributed by atoms with Gasteiger partial charge in [0.15, 0.2) is 18.1 Å². The first-order valence-electron chi connectivity index (χ1n) is 13.1. The Hall–Kier alpha value is -4.70. The van der Waals surface area contributed by atoms with Crippen molar-refractivity contribution in [3.63, 3.8) is 0 Å². The molecule has 0 aliphatic heterocycles. The first-order valence-corrected chi connectivity index (χ1v) is 13.5. The number of rotatable bonds is 14. The topological polar surface area (TPSA) is 118 Å². The first kappa shape index (κ1) is 31.8. The molecule has 0 radical (unpaired) electrons. The molecule has 0 fully saturated rings. The predicted molar refractivity (Wildman–Crippen MR) is 162 cm³/mol. The third-order valence-electron chi connectivity index (χ3n) is 5.73. The van der Waals surface area contributed by atoms with Gasteiger partial charge in [-0.2, -0.15) is 5.10 Å². The third-order valence-corrected chi connectivity index (χ3v) is 6.14. The first-order chi connectivity index (χ1) is 20.2. The van der Waals surface area contributed by atoms with Gasteiger partial charge in [-0.25, -0.2) is 9.82 Å². The Morgan fingerprint density at radius 2 is 1.64 bits per heavy atom. The zero-order valence-corrected chi connectivity index (χ0v) is 24.1. The second-order valence-corrected chi connectivity index (χ2v) is 9.49. The van der Waals surface area contributed by atoms with Crippen LogP contribution in [0.3, 0.4) is 0 Å². The molecule has 0 saturated heterocycles. The summed E-state index contributed by atoms with van der Waals surface area (Å²) < 4.78 is 24.7. The van der Waals surface area contributed by atoms with Gasteiger partial charge in [-0.15, -0.1) is 6.58 Å². The van der Waals surface area contributed by atoms with Crippen molar-refractivity contribution < 1.29 is 28.2 Å². The molecule has 0 aromatic heterocycles. The van der Waals surface area contributed by atoms with E-state index < -0.39 is 17.6 Å². The summed E-state index contributed by atoms with van der Waals surface area (Å²) in [5, 5.41) is 9.88. The van der Waals surface area contributed by atoms with Crippen molar-refractivity contribution in [2.75, 3.05) is 23.8 Å². The van der Waals surface area contributed by atoms with Gasteiger partial charge in [-0.05, 0) is 79.9 Å². The third kappa shape index (κ3) is 10.0. The van der Waals surface area contributed by atoms with E-state index in [2.05, 4.69) is 27.7 Å². The minimum absolute atomic E-state index is 0.0361. The van der Waals surface area contributed by atoms with Gasteiger partial charge in [0.1, 0.15) is 5.82 Å². The van der Waals surface area contributed by atoms with Crippen LogP contribution in [0, 0.1) is 12.7 Å². The number of carbonyl (C=O) groups is 3. The Balaban J connectivity index is 1.59. The van der Waals surface area contributed by atoms with Gasteiger partial charge in [0.25, 0.3) is 5.91 Å². The van der Waals surface area contributed by atoms with Gasteiger partial charge in [0, 0.05) is 34.8 Å². The van der Waals surface area contributed by atoms with Crippen LogP contribution in [-0.2, 0) is 20.8 Å². The summed E-state index contributed by atoms with van der Waals surface area (Å²) >= 11 is 6.08. The minimum atomic E-state index is -0.438. The Bertz CT molecular complexity index is 1460. The van der Waals surface area contributed by atoms with E-state index >= 15 is 0 Å². The van der Waals surface area contributed by atoms with Crippen molar-refractivity contribution in [2.45, 2.75) is 33.1 Å². The van der Waals surface area contributed by atoms with E-state index in [0.29, 0.717) is 52.1 Å². The van der Waals surface area contributed by atoms with Crippen molar-refractivity contribution in [1.82, 2.24) is 5.43 Å². The molecule has 9 nitrogen and oxygen atoms in total. The second kappa shape index (κ2) is 15.9. The van der Waals surface area contributed by atoms with E-state index in [9.17, 15) is 18.8 Å². The van der Waals surface area contributed by atoms with Crippen molar-refractivity contribution in [3.05, 3.63) is 94.8 Å². The summed E-state index contributed by atoms with van der Waals surface area (Å²) in [7, 11) is 0. The number of benzene rings is 3. The van der Waals surface area contributed by atoms with Gasteiger partial charge in [0.05, 0.1) is 12.8 Å². The average molecular weight is 595 g/mol. The lowest BCUT2D eigenvalue weighted by Crippen LogP contribution is -2.21. The van der Waals surface area contributed by atoms with E-state index in [1.165, 1.54) is 30.5 Å². The molecule has 3 aromatic carbocycles. The van der Waals surface area contributed by atoms with Crippen LogP contribution in [0.2, 0.25) is 5.02 Å². The van der Waals surface area contributed by atoms with Crippen molar-refractivity contribution in [3.8, 4) is 11.5 Å². The van der Waals surface area contributed by atoms with Gasteiger partial charge >= 0.3 is 0 Å². The van der Waals surface area contributed by atoms with Gasteiger partial charge in [-0.1, -0.05) is 23.7 Å². The summed E-state index contributed by atoms with van der Waals surface area (Å²) in [6.45, 7) is 7.47. The van der Waals surface area contributed by atoms with Gasteiger partial charge in [0.2, 0.25) is 11.8 Å². The summed E-state index contributed by atoms with van der Waals surface area (Å²) in [6, 6.07) is 14.0. The summed E-state index contributed by atoms with van der Waals surface area (Å²) in [6.07, 6.45) is 3.42. The molecule has 3 N–H and O–H groups in total. The normalized spacial score (nSPS) is 10.7. The van der Waals surface area contributed by atoms with E-state index in [1.54, 1.807) is 36.4 Å². The van der Waals surface area contributed by atoms with E-state index in [0.717, 1.165) is 5.56 Å². The Labute approximate surface area is 248 Å². The highest BCUT2D eigenvalue weighted by molar-refractivity contribution is 6.31. The molecule has 3 amide bonds. The number of carbonyl (C=O) groups excluding carboxylic acids is 3. The van der Waals surface area contributed by atoms with E-state index in [4.69, 9.17) is 21.1 Å². The smallest absolute Gasteiger partial charge is 0.262 e. The number of hydrogen-bond donors (Lipinski definition) is 3. The maximum Gasteiger partial charge on any atom is 0.262 e. The zero-order chi connectivity index (χ0) is 30.5. The van der Waals surface area contributed by atoms with Gasteiger partial charge in [-0.3, -0.25) is 14.4 Å². The zero-order valence-electron chi connectivity index (χ0n) is 23.3. The highest BCUT2D eigenvalue weighted by Crippen LogP contribution is 2.33. The number of anilines is 2. The second-order valence-electron chi connectivity index (χ2n) is 9.08. The van der Waals surface area contributed by atoms with Crippen molar-refractivity contribution in [2.24, 2.45) is 5.10 Å². The fourth-order valence-electron chi connectivity index (χ4n) is 3.72. The molecule has 0 heterocycles. The largest absolute Gasteiger partial charge is 0.490 e. The molecule has 0 unspecified atom stereocenters. The van der Waals surface area contributed by atoms with Crippen LogP contribution < -0.4 is 25.5 Å². The number of hydrazone groups is 1. The molecule has 0 bridgehead atoms. The van der Waals surface area contributed by atoms with Gasteiger partial charge < -0.3 is 20.1 Å². The van der Waals surface area contributed by atoms with Crippen LogP contribution in [-0.4, -0.2) is 37.1 Å². The SMILES string of the molecule is C=CCc1cc(C=NNC(=O)CCC(=O)Nc2ccc(C)c(Cl)c2)cc(OCC)c1OCC(=O)Nc1ccc(F)cc1. The lowest BCUT2D eigenvalue weighted by Gasteiger charge is -2.16. The van der Waals surface area contributed by atoms with E-state index in [1.807, 2.05) is 13.8 Å². The lowest BCUT2D eigenvalue weighted by molar-refractivity contribution is -0.124. The Morgan fingerprint density at radius 1 is 0.952 bits per heavy atom. The summed E-state index contributed by atoms with van der Waals surface area (Å²) in [4.78, 5) is 36.8. The number of aryl methyl sites for hydroxylation is 1. The predicted octanol–water partition coefficient (Wildman–Crippen LogP) is 5.80. The maximum atomic E-state index is 13.1. The molecular weight excluding hydrogens is 563 g/mol. The molecule has 42 heavy (non-hydrogen) atoms. The monoisotopic (exact) mass is 594 g/mol. The average Bonchev–Trinajstić information content (AvgIpc) is 2.95. The fourth-order valence-corrected chi connectivity index (χ4v) is 3.90. The number of allylic oxidation sites excluding steroid dienone is 1. The fraction of sp³-hybridized carbons (Fsp3) is 0.226. The number of amides is 3. The number of nitrogens with zero attached hydrogens (tertiary/aromatic N) is 1. The highest BCUT2D eigenvalue weighted by Gasteiger charge is 2.15. The van der Waals surface area contributed by atoms with Crippen molar-refractivity contribution >= 4 is 46.9 Å². The van der Waals surface area contributed by atoms with Crippen LogP contribution in [0.25, 0.3) is 0 Å². The maximum absolute atomic E-state index is 13.1. The molecule has 0 saturated carbocycles. The van der Waals surface area contributed by atoms with E-state index in [-0.39, 0.29) is 25.4 Å². The van der Waals surface area contributed by atoms with Crippen LogP contribution in [0.5, 0.6) is 11.5 Å². The van der Waals surface area contributed by atoms with Crippen LogP contribution in [0.1, 0.15) is 36.5 Å². The molecule has 220 valence electrons. The summed E-state index contributed by atoms with van der Waals surface area (Å²) in [5.74, 6) is -0.855. The lowest BCUT2D eigenvalue weighted by atomic mass is 10.1. The molecule has 0 aliphatic carbocycles. The molecule has 11 heteroatoms. The molecule has 0 atom stereocenters. The van der Waals surface area contributed by atoms with Crippen LogP contribution in [0.4, 0.5) is 15.8 Å². The molecular formula is C31H32ClFN4O5. The van der Waals surface area contributed by atoms with Crippen LogP contribution in [0.15, 0.2) is 72.4 Å². The molecule has 0 aliphatic rings. The summed E-state index contributed by atoms with van der Waals surface area (Å²) in [5.41, 5.74) is 5.58. The quantitative estimate of drug-likeness (QED) is 0.124. The number of halogens is 2. The van der Waals surface area contributed by atoms with Crippen LogP contribution >= 0.6 is 11.6 Å². The minimum Gasteiger partial charge on any atom is -0.490 e. The molecule has 3 aromatic rings.